The van der Waals surface area contributed by atoms with Gasteiger partial charge in [-0.25, -0.2) is 4.98 Å². The van der Waals surface area contributed by atoms with Crippen LogP contribution in [0.3, 0.4) is 0 Å². The number of rotatable bonds is 3. The highest BCUT2D eigenvalue weighted by Gasteiger charge is 2.41. The first-order valence-electron chi connectivity index (χ1n) is 10.1. The predicted octanol–water partition coefficient (Wildman–Crippen LogP) is 3.28. The molecular formula is C23H23N3O4. The van der Waals surface area contributed by atoms with E-state index in [1.54, 1.807) is 25.6 Å². The molecule has 0 N–H and O–H groups in total. The maximum absolute atomic E-state index is 13.1. The lowest BCUT2D eigenvalue weighted by Gasteiger charge is -2.37. The third-order valence-corrected chi connectivity index (χ3v) is 5.84. The fourth-order valence-electron chi connectivity index (χ4n) is 4.14. The van der Waals surface area contributed by atoms with E-state index in [9.17, 15) is 4.79 Å². The molecule has 0 saturated carbocycles. The van der Waals surface area contributed by atoms with Crippen molar-refractivity contribution >= 4 is 16.8 Å². The molecule has 7 heteroatoms. The average molecular weight is 405 g/mol. The summed E-state index contributed by atoms with van der Waals surface area (Å²) in [5, 5.41) is 0.894. The number of likely N-dealkylation sites (tertiary alicyclic amines) is 1. The lowest BCUT2D eigenvalue weighted by Crippen LogP contribution is -2.47. The molecule has 4 heterocycles. The van der Waals surface area contributed by atoms with Gasteiger partial charge in [-0.1, -0.05) is 12.1 Å². The molecule has 7 nitrogen and oxygen atoms in total. The van der Waals surface area contributed by atoms with Gasteiger partial charge in [-0.05, 0) is 29.8 Å². The third kappa shape index (κ3) is 3.40. The van der Waals surface area contributed by atoms with Crippen molar-refractivity contribution < 1.29 is 19.0 Å². The standard InChI is InChI=1S/C23H23N3O4/c1-28-18-5-2-16(3-6-18)19-15-24-14-17-4-7-20(25-21(17)19)22(27)26-10-8-23(9-11-26)29-12-13-30-23/h2-7,14-15H,8-13H2,1H3. The van der Waals surface area contributed by atoms with Crippen LogP contribution in [0.15, 0.2) is 48.8 Å². The van der Waals surface area contributed by atoms with Crippen molar-refractivity contribution in [3.05, 3.63) is 54.5 Å². The number of carbonyl (C=O) groups is 1. The number of methoxy groups -OCH3 is 1. The van der Waals surface area contributed by atoms with Gasteiger partial charge in [0.1, 0.15) is 11.4 Å². The lowest BCUT2D eigenvalue weighted by atomic mass is 10.0. The summed E-state index contributed by atoms with van der Waals surface area (Å²) >= 11 is 0. The van der Waals surface area contributed by atoms with E-state index >= 15 is 0 Å². The van der Waals surface area contributed by atoms with E-state index in [1.165, 1.54) is 0 Å². The Balaban J connectivity index is 1.43. The Morgan fingerprint density at radius 3 is 2.47 bits per heavy atom. The Kier molecular flexibility index (Phi) is 4.84. The predicted molar refractivity (Wildman–Crippen MR) is 111 cm³/mol. The molecule has 1 amide bonds. The molecule has 2 fully saturated rings. The van der Waals surface area contributed by atoms with Crippen LogP contribution in [0.4, 0.5) is 0 Å². The van der Waals surface area contributed by atoms with Gasteiger partial charge in [-0.2, -0.15) is 0 Å². The molecule has 0 atom stereocenters. The van der Waals surface area contributed by atoms with Crippen molar-refractivity contribution in [2.45, 2.75) is 18.6 Å². The first-order chi connectivity index (χ1) is 14.7. The molecule has 2 aliphatic rings. The topological polar surface area (TPSA) is 73.8 Å². The molecule has 5 rings (SSSR count). The van der Waals surface area contributed by atoms with Crippen molar-refractivity contribution in [2.24, 2.45) is 0 Å². The highest BCUT2D eigenvalue weighted by molar-refractivity contribution is 5.98. The number of hydrogen-bond donors (Lipinski definition) is 0. The fourth-order valence-corrected chi connectivity index (χ4v) is 4.14. The summed E-state index contributed by atoms with van der Waals surface area (Å²) in [6.45, 7) is 2.45. The highest BCUT2D eigenvalue weighted by atomic mass is 16.7. The molecule has 154 valence electrons. The largest absolute Gasteiger partial charge is 0.497 e. The summed E-state index contributed by atoms with van der Waals surface area (Å²) in [7, 11) is 1.64. The van der Waals surface area contributed by atoms with Crippen LogP contribution in [0.25, 0.3) is 22.0 Å². The van der Waals surface area contributed by atoms with Crippen LogP contribution in [-0.4, -0.2) is 60.0 Å². The molecule has 2 aromatic heterocycles. The Labute approximate surface area is 174 Å². The second-order valence-corrected chi connectivity index (χ2v) is 7.58. The number of fused-ring (bicyclic) bond motifs is 1. The zero-order chi connectivity index (χ0) is 20.6. The van der Waals surface area contributed by atoms with E-state index in [0.717, 1.165) is 27.8 Å². The molecule has 3 aromatic rings. The van der Waals surface area contributed by atoms with Gasteiger partial charge in [0.2, 0.25) is 0 Å². The van der Waals surface area contributed by atoms with Crippen molar-refractivity contribution in [1.29, 1.82) is 0 Å². The first kappa shape index (κ1) is 19.0. The number of nitrogens with zero attached hydrogens (tertiary/aromatic N) is 3. The van der Waals surface area contributed by atoms with Gasteiger partial charge in [-0.3, -0.25) is 9.78 Å². The zero-order valence-electron chi connectivity index (χ0n) is 16.8. The molecule has 0 radical (unpaired) electrons. The van der Waals surface area contributed by atoms with Gasteiger partial charge in [0.05, 0.1) is 25.8 Å². The summed E-state index contributed by atoms with van der Waals surface area (Å²) in [6.07, 6.45) is 4.93. The molecule has 0 aliphatic carbocycles. The van der Waals surface area contributed by atoms with E-state index < -0.39 is 5.79 Å². The van der Waals surface area contributed by atoms with Gasteiger partial charge in [-0.15, -0.1) is 0 Å². The Morgan fingerprint density at radius 2 is 1.77 bits per heavy atom. The number of ether oxygens (including phenoxy) is 3. The number of hydrogen-bond acceptors (Lipinski definition) is 6. The minimum atomic E-state index is -0.499. The maximum Gasteiger partial charge on any atom is 0.272 e. The Morgan fingerprint density at radius 1 is 1.03 bits per heavy atom. The molecule has 1 spiro atoms. The number of piperidine rings is 1. The van der Waals surface area contributed by atoms with E-state index in [2.05, 4.69) is 4.98 Å². The molecule has 2 aliphatic heterocycles. The van der Waals surface area contributed by atoms with E-state index in [1.807, 2.05) is 35.2 Å². The van der Waals surface area contributed by atoms with Gasteiger partial charge < -0.3 is 19.1 Å². The summed E-state index contributed by atoms with van der Waals surface area (Å²) < 4.78 is 16.8. The summed E-state index contributed by atoms with van der Waals surface area (Å²) in [5.74, 6) is 0.219. The second-order valence-electron chi connectivity index (χ2n) is 7.58. The second kappa shape index (κ2) is 7.66. The summed E-state index contributed by atoms with van der Waals surface area (Å²) in [5.41, 5.74) is 3.06. The number of amides is 1. The monoisotopic (exact) mass is 405 g/mol. The molecular weight excluding hydrogens is 382 g/mol. The number of pyridine rings is 2. The minimum absolute atomic E-state index is 0.0674. The van der Waals surface area contributed by atoms with Crippen LogP contribution in [0.2, 0.25) is 0 Å². The van der Waals surface area contributed by atoms with E-state index in [4.69, 9.17) is 19.2 Å². The molecule has 0 unspecified atom stereocenters. The van der Waals surface area contributed by atoms with Crippen LogP contribution in [0.5, 0.6) is 5.75 Å². The first-order valence-corrected chi connectivity index (χ1v) is 10.1. The van der Waals surface area contributed by atoms with Gasteiger partial charge in [0, 0.05) is 49.3 Å². The fraction of sp³-hybridized carbons (Fsp3) is 0.348. The van der Waals surface area contributed by atoms with Gasteiger partial charge >= 0.3 is 0 Å². The van der Waals surface area contributed by atoms with Crippen LogP contribution < -0.4 is 4.74 Å². The molecule has 30 heavy (non-hydrogen) atoms. The molecule has 0 bridgehead atoms. The summed E-state index contributed by atoms with van der Waals surface area (Å²) in [6, 6.07) is 11.4. The SMILES string of the molecule is COc1ccc(-c2cncc3ccc(C(=O)N4CCC5(CC4)OCCO5)nc23)cc1. The maximum atomic E-state index is 13.1. The van der Waals surface area contributed by atoms with Gasteiger partial charge in [0.25, 0.3) is 5.91 Å². The quantitative estimate of drug-likeness (QED) is 0.666. The van der Waals surface area contributed by atoms with Crippen LogP contribution in [-0.2, 0) is 9.47 Å². The smallest absolute Gasteiger partial charge is 0.272 e. The Bertz CT molecular complexity index is 1070. The third-order valence-electron chi connectivity index (χ3n) is 5.84. The highest BCUT2D eigenvalue weighted by Crippen LogP contribution is 2.32. The minimum Gasteiger partial charge on any atom is -0.497 e. The number of carbonyl (C=O) groups excluding carboxylic acids is 1. The number of aromatic nitrogens is 2. The normalized spacial score (nSPS) is 18.1. The summed E-state index contributed by atoms with van der Waals surface area (Å²) in [4.78, 5) is 24.0. The van der Waals surface area contributed by atoms with Crippen LogP contribution in [0.1, 0.15) is 23.3 Å². The van der Waals surface area contributed by atoms with Crippen molar-refractivity contribution in [2.75, 3.05) is 33.4 Å². The van der Waals surface area contributed by atoms with E-state index in [-0.39, 0.29) is 5.91 Å². The van der Waals surface area contributed by atoms with Gasteiger partial charge in [0.15, 0.2) is 5.79 Å². The molecule has 2 saturated heterocycles. The molecule has 1 aromatic carbocycles. The van der Waals surface area contributed by atoms with E-state index in [0.29, 0.717) is 44.8 Å². The van der Waals surface area contributed by atoms with Crippen molar-refractivity contribution in [1.82, 2.24) is 14.9 Å². The van der Waals surface area contributed by atoms with Crippen molar-refractivity contribution in [3.63, 3.8) is 0 Å². The van der Waals surface area contributed by atoms with Crippen LogP contribution >= 0.6 is 0 Å². The number of benzene rings is 1. The zero-order valence-corrected chi connectivity index (χ0v) is 16.8. The Hall–Kier alpha value is -3.03. The van der Waals surface area contributed by atoms with Crippen LogP contribution in [0, 0.1) is 0 Å². The lowest BCUT2D eigenvalue weighted by molar-refractivity contribution is -0.181. The van der Waals surface area contributed by atoms with Crippen molar-refractivity contribution in [3.8, 4) is 16.9 Å². The average Bonchev–Trinajstić information content (AvgIpc) is 3.26.